The smallest absolute Gasteiger partial charge is 0.457 e. The molecule has 1 N–H and O–H groups in total. The number of hydrogen-bond acceptors (Lipinski definition) is 6. The predicted octanol–water partition coefficient (Wildman–Crippen LogP) is 11.7. The Morgan fingerprint density at radius 3 is 1.35 bits per heavy atom. The van der Waals surface area contributed by atoms with Gasteiger partial charge in [-0.05, 0) is 12.8 Å². The monoisotopic (exact) mass is 721 g/mol. The number of likely N-dealkylation sites (N-methyl/N-ethyl adjacent to an activating group) is 1. The van der Waals surface area contributed by atoms with E-state index >= 15 is 0 Å². The van der Waals surface area contributed by atoms with E-state index in [-0.39, 0.29) is 25.8 Å². The molecule has 0 rings (SSSR count). The van der Waals surface area contributed by atoms with Crippen LogP contribution in [0, 0.1) is 0 Å². The number of phosphoric acid groups is 1. The number of esters is 1. The van der Waals surface area contributed by atoms with E-state index in [1.54, 1.807) is 0 Å². The Kier molecular flexibility index (Phi) is 34.2. The molecule has 0 aliphatic carbocycles. The first-order valence-corrected chi connectivity index (χ1v) is 22.3. The van der Waals surface area contributed by atoms with Crippen LogP contribution in [0.2, 0.25) is 0 Å². The van der Waals surface area contributed by atoms with Gasteiger partial charge < -0.3 is 18.9 Å². The molecule has 2 atom stereocenters. The minimum Gasteiger partial charge on any atom is -0.457 e. The second-order valence-electron chi connectivity index (χ2n) is 15.4. The molecule has 0 bridgehead atoms. The zero-order valence-corrected chi connectivity index (χ0v) is 34.1. The SMILES string of the molecule is CCCCCCCCCCCCCCCCCCC(=O)OC(COCCCCCCCCCCCCC)COP(=O)(O)OCC[N+](C)(C)C. The van der Waals surface area contributed by atoms with Gasteiger partial charge in [-0.1, -0.05) is 174 Å². The normalized spacial score (nSPS) is 13.8. The summed E-state index contributed by atoms with van der Waals surface area (Å²) in [5, 5.41) is 0. The average molecular weight is 721 g/mol. The molecule has 2 unspecified atom stereocenters. The highest BCUT2D eigenvalue weighted by molar-refractivity contribution is 7.47. The summed E-state index contributed by atoms with van der Waals surface area (Å²) in [6, 6.07) is 0. The van der Waals surface area contributed by atoms with Crippen molar-refractivity contribution in [3.8, 4) is 0 Å². The quantitative estimate of drug-likeness (QED) is 0.0292. The summed E-state index contributed by atoms with van der Waals surface area (Å²) in [5.41, 5.74) is 0. The van der Waals surface area contributed by atoms with E-state index < -0.39 is 13.9 Å². The highest BCUT2D eigenvalue weighted by Crippen LogP contribution is 2.43. The molecule has 0 spiro atoms. The van der Waals surface area contributed by atoms with Gasteiger partial charge in [0.1, 0.15) is 19.3 Å². The molecule has 0 aromatic carbocycles. The minimum atomic E-state index is -4.26. The molecule has 8 nitrogen and oxygen atoms in total. The lowest BCUT2D eigenvalue weighted by molar-refractivity contribution is -0.870. The van der Waals surface area contributed by atoms with Gasteiger partial charge in [0, 0.05) is 13.0 Å². The van der Waals surface area contributed by atoms with Crippen LogP contribution < -0.4 is 0 Å². The van der Waals surface area contributed by atoms with Gasteiger partial charge in [-0.2, -0.15) is 0 Å². The molecule has 0 radical (unpaired) electrons. The lowest BCUT2D eigenvalue weighted by atomic mass is 10.0. The molecule has 0 saturated carbocycles. The van der Waals surface area contributed by atoms with E-state index in [1.165, 1.54) is 141 Å². The zero-order chi connectivity index (χ0) is 36.3. The number of rotatable bonds is 39. The Labute approximate surface area is 304 Å². The maximum Gasteiger partial charge on any atom is 0.472 e. The topological polar surface area (TPSA) is 91.3 Å². The van der Waals surface area contributed by atoms with Crippen LogP contribution in [0.15, 0.2) is 0 Å². The largest absolute Gasteiger partial charge is 0.472 e. The van der Waals surface area contributed by atoms with Gasteiger partial charge in [-0.15, -0.1) is 0 Å². The number of ether oxygens (including phenoxy) is 2. The number of hydrogen-bond donors (Lipinski definition) is 1. The van der Waals surface area contributed by atoms with Gasteiger partial charge in [0.05, 0.1) is 34.4 Å². The third-order valence-corrected chi connectivity index (χ3v) is 10.2. The van der Waals surface area contributed by atoms with Crippen LogP contribution in [0.1, 0.15) is 194 Å². The van der Waals surface area contributed by atoms with Crippen molar-refractivity contribution >= 4 is 13.8 Å². The molecular weight excluding hydrogens is 637 g/mol. The molecule has 0 heterocycles. The number of nitrogens with zero attached hydrogens (tertiary/aromatic N) is 1. The van der Waals surface area contributed by atoms with Gasteiger partial charge in [0.2, 0.25) is 0 Å². The standard InChI is InChI=1S/C40H82NO7P/c1-6-8-10-12-14-16-18-19-20-21-22-23-25-27-29-31-33-40(42)48-39(38-47-49(43,44)46-36-34-41(3,4)5)37-45-35-32-30-28-26-24-17-15-13-11-9-7-2/h39H,6-38H2,1-5H3/p+1. The maximum absolute atomic E-state index is 12.6. The van der Waals surface area contributed by atoms with Crippen LogP contribution in [0.5, 0.6) is 0 Å². The van der Waals surface area contributed by atoms with Crippen LogP contribution in [0.25, 0.3) is 0 Å². The summed E-state index contributed by atoms with van der Waals surface area (Å²) in [7, 11) is 1.68. The summed E-state index contributed by atoms with van der Waals surface area (Å²) in [4.78, 5) is 22.8. The van der Waals surface area contributed by atoms with Crippen molar-refractivity contribution in [2.45, 2.75) is 200 Å². The van der Waals surface area contributed by atoms with Gasteiger partial charge >= 0.3 is 13.8 Å². The lowest BCUT2D eigenvalue weighted by Gasteiger charge is -2.24. The Morgan fingerprint density at radius 1 is 0.551 bits per heavy atom. The van der Waals surface area contributed by atoms with Crippen molar-refractivity contribution in [3.63, 3.8) is 0 Å². The average Bonchev–Trinajstić information content (AvgIpc) is 3.04. The van der Waals surface area contributed by atoms with Crippen molar-refractivity contribution in [2.24, 2.45) is 0 Å². The van der Waals surface area contributed by atoms with Crippen molar-refractivity contribution in [1.29, 1.82) is 0 Å². The van der Waals surface area contributed by atoms with Crippen molar-refractivity contribution in [3.05, 3.63) is 0 Å². The van der Waals surface area contributed by atoms with Crippen LogP contribution >= 0.6 is 7.82 Å². The third kappa shape index (κ3) is 38.6. The predicted molar refractivity (Wildman–Crippen MR) is 206 cm³/mol. The first-order chi connectivity index (χ1) is 23.6. The van der Waals surface area contributed by atoms with E-state index in [0.29, 0.717) is 24.1 Å². The van der Waals surface area contributed by atoms with Crippen molar-refractivity contribution < 1.29 is 37.3 Å². The fraction of sp³-hybridized carbons (Fsp3) is 0.975. The highest BCUT2D eigenvalue weighted by Gasteiger charge is 2.26. The number of quaternary nitrogens is 1. The number of carbonyl (C=O) groups excluding carboxylic acids is 1. The Balaban J connectivity index is 4.20. The summed E-state index contributed by atoms with van der Waals surface area (Å²) >= 11 is 0. The highest BCUT2D eigenvalue weighted by atomic mass is 31.2. The number of carbonyl (C=O) groups is 1. The molecule has 294 valence electrons. The Morgan fingerprint density at radius 2 is 0.939 bits per heavy atom. The van der Waals surface area contributed by atoms with Crippen LogP contribution in [-0.4, -0.2) is 75.6 Å². The summed E-state index contributed by atoms with van der Waals surface area (Å²) in [6.07, 6.45) is 34.1. The van der Waals surface area contributed by atoms with Crippen molar-refractivity contribution in [2.75, 3.05) is 54.1 Å². The molecule has 0 amide bonds. The second kappa shape index (κ2) is 34.6. The molecule has 0 saturated heterocycles. The molecule has 0 aromatic heterocycles. The molecule has 0 fully saturated rings. The van der Waals surface area contributed by atoms with Crippen molar-refractivity contribution in [1.82, 2.24) is 0 Å². The van der Waals surface area contributed by atoms with Crippen LogP contribution in [0.3, 0.4) is 0 Å². The Hall–Kier alpha value is -0.500. The molecule has 9 heteroatoms. The number of unbranched alkanes of at least 4 members (excludes halogenated alkanes) is 25. The number of phosphoric ester groups is 1. The van der Waals surface area contributed by atoms with E-state index in [4.69, 9.17) is 18.5 Å². The first kappa shape index (κ1) is 48.5. The molecule has 0 aliphatic rings. The maximum atomic E-state index is 12.6. The van der Waals surface area contributed by atoms with E-state index in [0.717, 1.165) is 32.1 Å². The van der Waals surface area contributed by atoms with E-state index in [2.05, 4.69) is 13.8 Å². The summed E-state index contributed by atoms with van der Waals surface area (Å²) in [5.74, 6) is -0.309. The van der Waals surface area contributed by atoms with Crippen LogP contribution in [-0.2, 0) is 27.9 Å². The van der Waals surface area contributed by atoms with Gasteiger partial charge in [0.25, 0.3) is 0 Å². The molecule has 0 aromatic rings. The fourth-order valence-corrected chi connectivity index (χ4v) is 6.65. The third-order valence-electron chi connectivity index (χ3n) is 9.17. The second-order valence-corrected chi connectivity index (χ2v) is 16.8. The lowest BCUT2D eigenvalue weighted by Crippen LogP contribution is -2.37. The zero-order valence-electron chi connectivity index (χ0n) is 33.2. The Bertz CT molecular complexity index is 761. The van der Waals surface area contributed by atoms with Gasteiger partial charge in [-0.25, -0.2) is 4.57 Å². The fourth-order valence-electron chi connectivity index (χ4n) is 5.91. The first-order valence-electron chi connectivity index (χ1n) is 20.8. The molecule has 0 aliphatic heterocycles. The summed E-state index contributed by atoms with van der Waals surface area (Å²) < 4.78 is 34.9. The van der Waals surface area contributed by atoms with Gasteiger partial charge in [-0.3, -0.25) is 13.8 Å². The molecule has 49 heavy (non-hydrogen) atoms. The minimum absolute atomic E-state index is 0.0936. The summed E-state index contributed by atoms with van der Waals surface area (Å²) in [6.45, 7) is 5.66. The van der Waals surface area contributed by atoms with E-state index in [9.17, 15) is 14.3 Å². The van der Waals surface area contributed by atoms with Gasteiger partial charge in [0.15, 0.2) is 0 Å². The molecular formula is C40H83NO7P+. The van der Waals surface area contributed by atoms with Crippen LogP contribution in [0.4, 0.5) is 0 Å². The van der Waals surface area contributed by atoms with E-state index in [1.807, 2.05) is 21.1 Å².